The highest BCUT2D eigenvalue weighted by atomic mass is 15.2. The Bertz CT molecular complexity index is 386. The molecule has 1 heterocycles. The third-order valence-corrected chi connectivity index (χ3v) is 4.28. The standard InChI is InChI=1S/C16H26N2/c1-4-15(17)14-7-5-6-8-16(14)18-10-9-13(11-18)12(2)3/h5-8,12-13,15H,4,9-11,17H2,1-3H3. The van der Waals surface area contributed by atoms with Crippen molar-refractivity contribution in [3.05, 3.63) is 29.8 Å². The van der Waals surface area contributed by atoms with Crippen molar-refractivity contribution >= 4 is 5.69 Å². The minimum Gasteiger partial charge on any atom is -0.371 e. The van der Waals surface area contributed by atoms with Crippen molar-refractivity contribution in [2.75, 3.05) is 18.0 Å². The van der Waals surface area contributed by atoms with Crippen LogP contribution in [0.1, 0.15) is 45.2 Å². The van der Waals surface area contributed by atoms with E-state index < -0.39 is 0 Å². The van der Waals surface area contributed by atoms with Gasteiger partial charge in [-0.3, -0.25) is 0 Å². The number of para-hydroxylation sites is 1. The minimum atomic E-state index is 0.166. The van der Waals surface area contributed by atoms with Crippen LogP contribution in [-0.2, 0) is 0 Å². The van der Waals surface area contributed by atoms with Gasteiger partial charge in [0.05, 0.1) is 0 Å². The van der Waals surface area contributed by atoms with E-state index >= 15 is 0 Å². The molecule has 1 aromatic carbocycles. The van der Waals surface area contributed by atoms with Crippen molar-refractivity contribution in [1.29, 1.82) is 0 Å². The van der Waals surface area contributed by atoms with E-state index in [1.165, 1.54) is 30.8 Å². The van der Waals surface area contributed by atoms with Crippen LogP contribution in [0.5, 0.6) is 0 Å². The van der Waals surface area contributed by atoms with Gasteiger partial charge in [-0.25, -0.2) is 0 Å². The van der Waals surface area contributed by atoms with Crippen LogP contribution in [0.2, 0.25) is 0 Å². The van der Waals surface area contributed by atoms with Gasteiger partial charge >= 0.3 is 0 Å². The molecule has 18 heavy (non-hydrogen) atoms. The average Bonchev–Trinajstić information content (AvgIpc) is 2.87. The zero-order chi connectivity index (χ0) is 13.1. The molecule has 0 saturated carbocycles. The van der Waals surface area contributed by atoms with E-state index in [4.69, 9.17) is 5.73 Å². The maximum absolute atomic E-state index is 6.23. The van der Waals surface area contributed by atoms with E-state index in [0.717, 1.165) is 18.3 Å². The van der Waals surface area contributed by atoms with Crippen molar-refractivity contribution in [3.8, 4) is 0 Å². The van der Waals surface area contributed by atoms with E-state index in [-0.39, 0.29) is 6.04 Å². The second kappa shape index (κ2) is 5.75. The number of hydrogen-bond donors (Lipinski definition) is 1. The predicted molar refractivity (Wildman–Crippen MR) is 78.8 cm³/mol. The summed E-state index contributed by atoms with van der Waals surface area (Å²) in [7, 11) is 0. The van der Waals surface area contributed by atoms with Gasteiger partial charge < -0.3 is 10.6 Å². The Morgan fingerprint density at radius 3 is 2.67 bits per heavy atom. The molecule has 0 aromatic heterocycles. The summed E-state index contributed by atoms with van der Waals surface area (Å²) in [4.78, 5) is 2.52. The molecule has 0 bridgehead atoms. The van der Waals surface area contributed by atoms with E-state index in [2.05, 4.69) is 49.9 Å². The van der Waals surface area contributed by atoms with Crippen LogP contribution in [0.25, 0.3) is 0 Å². The first-order chi connectivity index (χ1) is 8.63. The van der Waals surface area contributed by atoms with Crippen molar-refractivity contribution < 1.29 is 0 Å². The largest absolute Gasteiger partial charge is 0.371 e. The molecule has 0 aliphatic carbocycles. The summed E-state index contributed by atoms with van der Waals surface area (Å²) in [6.45, 7) is 9.18. The van der Waals surface area contributed by atoms with Crippen LogP contribution in [0, 0.1) is 11.8 Å². The zero-order valence-corrected chi connectivity index (χ0v) is 11.9. The average molecular weight is 246 g/mol. The molecule has 100 valence electrons. The third-order valence-electron chi connectivity index (χ3n) is 4.28. The Kier molecular flexibility index (Phi) is 4.28. The Morgan fingerprint density at radius 2 is 2.06 bits per heavy atom. The molecule has 1 aliphatic rings. The summed E-state index contributed by atoms with van der Waals surface area (Å²) in [5.41, 5.74) is 8.90. The molecule has 2 rings (SSSR count). The highest BCUT2D eigenvalue weighted by Gasteiger charge is 2.26. The molecule has 1 aliphatic heterocycles. The van der Waals surface area contributed by atoms with E-state index in [0.29, 0.717) is 0 Å². The fourth-order valence-corrected chi connectivity index (χ4v) is 2.86. The number of benzene rings is 1. The van der Waals surface area contributed by atoms with Crippen LogP contribution in [0.4, 0.5) is 5.69 Å². The van der Waals surface area contributed by atoms with Gasteiger partial charge in [0.2, 0.25) is 0 Å². The molecule has 0 radical (unpaired) electrons. The Labute approximate surface area is 111 Å². The number of rotatable bonds is 4. The van der Waals surface area contributed by atoms with Gasteiger partial charge in [0.1, 0.15) is 0 Å². The van der Waals surface area contributed by atoms with Crippen LogP contribution in [0.3, 0.4) is 0 Å². The SMILES string of the molecule is CCC(N)c1ccccc1N1CCC(C(C)C)C1. The molecule has 2 heteroatoms. The summed E-state index contributed by atoms with van der Waals surface area (Å²) in [5.74, 6) is 1.61. The topological polar surface area (TPSA) is 29.3 Å². The van der Waals surface area contributed by atoms with Gasteiger partial charge in [-0.15, -0.1) is 0 Å². The maximum atomic E-state index is 6.23. The number of nitrogens with two attached hydrogens (primary N) is 1. The van der Waals surface area contributed by atoms with Gasteiger partial charge in [-0.2, -0.15) is 0 Å². The van der Waals surface area contributed by atoms with Crippen molar-refractivity contribution in [1.82, 2.24) is 0 Å². The molecule has 1 aromatic rings. The lowest BCUT2D eigenvalue weighted by atomic mass is 9.95. The number of hydrogen-bond acceptors (Lipinski definition) is 2. The lowest BCUT2D eigenvalue weighted by Crippen LogP contribution is -2.24. The summed E-state index contributed by atoms with van der Waals surface area (Å²) < 4.78 is 0. The van der Waals surface area contributed by atoms with Gasteiger partial charge in [0, 0.05) is 24.8 Å². The second-order valence-corrected chi connectivity index (χ2v) is 5.81. The fraction of sp³-hybridized carbons (Fsp3) is 0.625. The van der Waals surface area contributed by atoms with Crippen molar-refractivity contribution in [2.45, 2.75) is 39.7 Å². The van der Waals surface area contributed by atoms with Crippen LogP contribution >= 0.6 is 0 Å². The number of nitrogens with zero attached hydrogens (tertiary/aromatic N) is 1. The minimum absolute atomic E-state index is 0.166. The highest BCUT2D eigenvalue weighted by Crippen LogP contribution is 2.32. The summed E-state index contributed by atoms with van der Waals surface area (Å²) in [6.07, 6.45) is 2.31. The predicted octanol–water partition coefficient (Wildman–Crippen LogP) is 3.58. The Morgan fingerprint density at radius 1 is 1.33 bits per heavy atom. The van der Waals surface area contributed by atoms with Gasteiger partial charge in [0.25, 0.3) is 0 Å². The van der Waals surface area contributed by atoms with E-state index in [9.17, 15) is 0 Å². The first-order valence-electron chi connectivity index (χ1n) is 7.23. The van der Waals surface area contributed by atoms with E-state index in [1.54, 1.807) is 0 Å². The fourth-order valence-electron chi connectivity index (χ4n) is 2.86. The first-order valence-corrected chi connectivity index (χ1v) is 7.23. The number of anilines is 1. The molecule has 0 spiro atoms. The first kappa shape index (κ1) is 13.4. The molecule has 2 N–H and O–H groups in total. The molecule has 1 saturated heterocycles. The van der Waals surface area contributed by atoms with E-state index in [1.807, 2.05) is 0 Å². The molecule has 2 atom stereocenters. The second-order valence-electron chi connectivity index (χ2n) is 5.81. The lowest BCUT2D eigenvalue weighted by molar-refractivity contribution is 0.422. The van der Waals surface area contributed by atoms with Crippen molar-refractivity contribution in [2.24, 2.45) is 17.6 Å². The quantitative estimate of drug-likeness (QED) is 0.880. The molecule has 2 nitrogen and oxygen atoms in total. The molecule has 0 amide bonds. The van der Waals surface area contributed by atoms with Crippen LogP contribution in [-0.4, -0.2) is 13.1 Å². The van der Waals surface area contributed by atoms with Gasteiger partial charge in [0.15, 0.2) is 0 Å². The normalized spacial score (nSPS) is 21.6. The summed E-state index contributed by atoms with van der Waals surface area (Å²) in [6, 6.07) is 8.81. The van der Waals surface area contributed by atoms with Gasteiger partial charge in [-0.1, -0.05) is 39.0 Å². The summed E-state index contributed by atoms with van der Waals surface area (Å²) in [5, 5.41) is 0. The third kappa shape index (κ3) is 2.69. The Hall–Kier alpha value is -1.02. The maximum Gasteiger partial charge on any atom is 0.0414 e. The van der Waals surface area contributed by atoms with Crippen molar-refractivity contribution in [3.63, 3.8) is 0 Å². The molecular formula is C16H26N2. The summed E-state index contributed by atoms with van der Waals surface area (Å²) >= 11 is 0. The highest BCUT2D eigenvalue weighted by molar-refractivity contribution is 5.55. The van der Waals surface area contributed by atoms with Crippen LogP contribution < -0.4 is 10.6 Å². The van der Waals surface area contributed by atoms with Gasteiger partial charge in [-0.05, 0) is 36.3 Å². The molecular weight excluding hydrogens is 220 g/mol. The van der Waals surface area contributed by atoms with Crippen LogP contribution in [0.15, 0.2) is 24.3 Å². The zero-order valence-electron chi connectivity index (χ0n) is 11.9. The Balaban J connectivity index is 2.19. The smallest absolute Gasteiger partial charge is 0.0414 e. The molecule has 1 fully saturated rings. The molecule has 2 unspecified atom stereocenters. The lowest BCUT2D eigenvalue weighted by Gasteiger charge is -2.25. The monoisotopic (exact) mass is 246 g/mol.